The fourth-order valence-electron chi connectivity index (χ4n) is 4.55. The zero-order valence-corrected chi connectivity index (χ0v) is 17.9. The van der Waals surface area contributed by atoms with Crippen LogP contribution in [-0.2, 0) is 0 Å². The molecule has 1 aromatic carbocycles. The molecule has 1 aliphatic heterocycles. The van der Waals surface area contributed by atoms with Gasteiger partial charge in [-0.15, -0.1) is 0 Å². The topological polar surface area (TPSA) is 114 Å². The zero-order chi connectivity index (χ0) is 22.6. The average Bonchev–Trinajstić information content (AvgIpc) is 2.79. The third-order valence-corrected chi connectivity index (χ3v) is 6.58. The van der Waals surface area contributed by atoms with E-state index in [1.165, 1.54) is 11.1 Å². The lowest BCUT2D eigenvalue weighted by atomic mass is 9.80. The molecule has 5 rings (SSSR count). The summed E-state index contributed by atoms with van der Waals surface area (Å²) in [5.74, 6) is 0.506. The Hall–Kier alpha value is -3.62. The molecule has 1 aliphatic carbocycles. The summed E-state index contributed by atoms with van der Waals surface area (Å²) < 4.78 is 20.9. The predicted molar refractivity (Wildman–Crippen MR) is 121 cm³/mol. The second-order valence-electron chi connectivity index (χ2n) is 8.44. The Labute approximate surface area is 184 Å². The highest BCUT2D eigenvalue weighted by Crippen LogP contribution is 2.40. The molecule has 2 aromatic heterocycles. The normalized spacial score (nSPS) is 19.5. The fourth-order valence-corrected chi connectivity index (χ4v) is 4.55. The summed E-state index contributed by atoms with van der Waals surface area (Å²) in [5, 5.41) is 14.1. The Morgan fingerprint density at radius 1 is 1.28 bits per heavy atom. The van der Waals surface area contributed by atoms with E-state index in [2.05, 4.69) is 15.3 Å². The lowest BCUT2D eigenvalue weighted by Gasteiger charge is -2.40. The largest absolute Gasteiger partial charge is 0.474 e. The molecule has 3 aromatic rings. The van der Waals surface area contributed by atoms with E-state index in [1.54, 1.807) is 18.3 Å². The number of carboxylic acid groups (broad SMARTS) is 1. The monoisotopic (exact) mass is 437 g/mol. The molecule has 4 N–H and O–H groups in total. The molecule has 0 unspecified atom stereocenters. The maximum absolute atomic E-state index is 15.3. The van der Waals surface area contributed by atoms with Gasteiger partial charge >= 0.3 is 6.09 Å². The van der Waals surface area contributed by atoms with Crippen LogP contribution in [0.5, 0.6) is 5.88 Å². The van der Waals surface area contributed by atoms with Crippen molar-refractivity contribution in [2.45, 2.75) is 32.7 Å². The Kier molecular flexibility index (Phi) is 4.76. The van der Waals surface area contributed by atoms with Gasteiger partial charge in [-0.1, -0.05) is 6.92 Å². The molecule has 1 fully saturated rings. The number of anilines is 3. The molecular formula is C23H24FN5O3. The smallest absolute Gasteiger partial charge is 0.413 e. The number of carbonyl (C=O) groups is 1. The minimum Gasteiger partial charge on any atom is -0.474 e. The number of nitrogens with one attached hydrogen (secondary N) is 1. The Balaban J connectivity index is 1.65. The fraction of sp³-hybridized carbons (Fsp3) is 0.348. The molecule has 0 spiro atoms. The van der Waals surface area contributed by atoms with Crippen molar-refractivity contribution in [3.8, 4) is 17.0 Å². The Morgan fingerprint density at radius 3 is 2.78 bits per heavy atom. The quantitative estimate of drug-likeness (QED) is 0.520. The van der Waals surface area contributed by atoms with Crippen molar-refractivity contribution < 1.29 is 19.0 Å². The molecule has 2 aliphatic rings. The van der Waals surface area contributed by atoms with Gasteiger partial charge in [-0.3, -0.25) is 4.90 Å². The van der Waals surface area contributed by atoms with E-state index in [0.29, 0.717) is 46.7 Å². The zero-order valence-electron chi connectivity index (χ0n) is 17.9. The standard InChI is InChI=1S/C23H24FN5O3/c1-11-3-4-17(11)29(23(30)31)18-8-13-7-14(19(24)20(25)16(13)10-27-18)15-9-28-22-21(12(15)2)26-5-6-32-22/h7-11,17,26H,3-6,25H2,1-2H3,(H,30,31)/t11-,17+/m1/s1. The summed E-state index contributed by atoms with van der Waals surface area (Å²) in [6.45, 7) is 5.06. The number of hydrogen-bond donors (Lipinski definition) is 3. The lowest BCUT2D eigenvalue weighted by molar-refractivity contribution is 0.182. The van der Waals surface area contributed by atoms with Crippen LogP contribution in [0.2, 0.25) is 0 Å². The maximum atomic E-state index is 15.3. The van der Waals surface area contributed by atoms with E-state index in [9.17, 15) is 9.90 Å². The van der Waals surface area contributed by atoms with Crippen molar-refractivity contribution in [3.05, 3.63) is 35.9 Å². The van der Waals surface area contributed by atoms with Crippen LogP contribution in [0.3, 0.4) is 0 Å². The van der Waals surface area contributed by atoms with Gasteiger partial charge in [0, 0.05) is 41.5 Å². The highest BCUT2D eigenvalue weighted by Gasteiger charge is 2.37. The van der Waals surface area contributed by atoms with Crippen molar-refractivity contribution in [1.82, 2.24) is 9.97 Å². The molecule has 2 atom stereocenters. The first-order valence-electron chi connectivity index (χ1n) is 10.6. The third kappa shape index (κ3) is 3.07. The number of fused-ring (bicyclic) bond motifs is 2. The summed E-state index contributed by atoms with van der Waals surface area (Å²) in [5.41, 5.74) is 8.54. The number of amides is 1. The van der Waals surface area contributed by atoms with Crippen LogP contribution >= 0.6 is 0 Å². The van der Waals surface area contributed by atoms with Crippen molar-refractivity contribution in [2.24, 2.45) is 5.92 Å². The first-order valence-corrected chi connectivity index (χ1v) is 10.6. The van der Waals surface area contributed by atoms with Gasteiger partial charge in [0.05, 0.1) is 5.69 Å². The van der Waals surface area contributed by atoms with Gasteiger partial charge in [0.2, 0.25) is 5.88 Å². The number of nitrogen functional groups attached to an aromatic ring is 1. The molecular weight excluding hydrogens is 413 g/mol. The van der Waals surface area contributed by atoms with Gasteiger partial charge in [0.15, 0.2) is 5.82 Å². The molecule has 1 amide bonds. The molecule has 32 heavy (non-hydrogen) atoms. The Bertz CT molecular complexity index is 1250. The summed E-state index contributed by atoms with van der Waals surface area (Å²) in [4.78, 5) is 21.9. The molecule has 9 heteroatoms. The number of pyridine rings is 2. The van der Waals surface area contributed by atoms with Crippen LogP contribution in [0.25, 0.3) is 21.9 Å². The third-order valence-electron chi connectivity index (χ3n) is 6.58. The molecule has 0 saturated heterocycles. The van der Waals surface area contributed by atoms with Crippen LogP contribution in [-0.4, -0.2) is 40.4 Å². The number of aromatic nitrogens is 2. The van der Waals surface area contributed by atoms with E-state index >= 15 is 4.39 Å². The maximum Gasteiger partial charge on any atom is 0.413 e. The highest BCUT2D eigenvalue weighted by atomic mass is 19.1. The molecule has 0 radical (unpaired) electrons. The van der Waals surface area contributed by atoms with Crippen molar-refractivity contribution >= 4 is 34.1 Å². The summed E-state index contributed by atoms with van der Waals surface area (Å²) >= 11 is 0. The highest BCUT2D eigenvalue weighted by molar-refractivity contribution is 5.99. The van der Waals surface area contributed by atoms with E-state index in [4.69, 9.17) is 10.5 Å². The van der Waals surface area contributed by atoms with Crippen LogP contribution in [0.4, 0.5) is 26.4 Å². The van der Waals surface area contributed by atoms with E-state index in [0.717, 1.165) is 24.1 Å². The number of halogens is 1. The van der Waals surface area contributed by atoms with Crippen LogP contribution in [0.1, 0.15) is 25.3 Å². The summed E-state index contributed by atoms with van der Waals surface area (Å²) in [6, 6.07) is 3.22. The summed E-state index contributed by atoms with van der Waals surface area (Å²) in [6.07, 6.45) is 3.74. The molecule has 3 heterocycles. The SMILES string of the molecule is Cc1c(-c2cc3cc(N(C(=O)O)[C@H]4CC[C@H]4C)ncc3c(N)c2F)cnc2c1NCCO2. The van der Waals surface area contributed by atoms with E-state index in [1.807, 2.05) is 13.8 Å². The van der Waals surface area contributed by atoms with E-state index in [-0.39, 0.29) is 17.6 Å². The van der Waals surface area contributed by atoms with Crippen LogP contribution < -0.4 is 20.7 Å². The van der Waals surface area contributed by atoms with Gasteiger partial charge < -0.3 is 20.9 Å². The second kappa shape index (κ2) is 7.51. The summed E-state index contributed by atoms with van der Waals surface area (Å²) in [7, 11) is 0. The molecule has 8 nitrogen and oxygen atoms in total. The lowest BCUT2D eigenvalue weighted by Crippen LogP contribution is -2.49. The first kappa shape index (κ1) is 20.3. The number of rotatable bonds is 3. The van der Waals surface area contributed by atoms with Gasteiger partial charge in [0.25, 0.3) is 0 Å². The van der Waals surface area contributed by atoms with Crippen molar-refractivity contribution in [2.75, 3.05) is 29.1 Å². The van der Waals surface area contributed by atoms with Gasteiger partial charge in [0.1, 0.15) is 18.1 Å². The number of ether oxygens (including phenoxy) is 1. The number of nitrogens with zero attached hydrogens (tertiary/aromatic N) is 3. The number of nitrogens with two attached hydrogens (primary N) is 1. The number of benzene rings is 1. The predicted octanol–water partition coefficient (Wildman–Crippen LogP) is 4.41. The molecule has 0 bridgehead atoms. The van der Waals surface area contributed by atoms with Crippen LogP contribution in [0.15, 0.2) is 24.5 Å². The van der Waals surface area contributed by atoms with E-state index < -0.39 is 11.9 Å². The van der Waals surface area contributed by atoms with Crippen molar-refractivity contribution in [3.63, 3.8) is 0 Å². The Morgan fingerprint density at radius 2 is 2.09 bits per heavy atom. The minimum absolute atomic E-state index is 0.0308. The first-order chi connectivity index (χ1) is 15.4. The van der Waals surface area contributed by atoms with Gasteiger partial charge in [-0.25, -0.2) is 19.2 Å². The second-order valence-corrected chi connectivity index (χ2v) is 8.44. The average molecular weight is 437 g/mol. The number of hydrogen-bond acceptors (Lipinski definition) is 6. The molecule has 166 valence electrons. The van der Waals surface area contributed by atoms with Crippen LogP contribution in [0, 0.1) is 18.7 Å². The van der Waals surface area contributed by atoms with Gasteiger partial charge in [-0.05, 0) is 48.8 Å². The van der Waals surface area contributed by atoms with Gasteiger partial charge in [-0.2, -0.15) is 0 Å². The molecule has 1 saturated carbocycles. The van der Waals surface area contributed by atoms with Crippen molar-refractivity contribution in [1.29, 1.82) is 0 Å². The minimum atomic E-state index is -1.05.